The van der Waals surface area contributed by atoms with Crippen LogP contribution in [0.3, 0.4) is 0 Å². The van der Waals surface area contributed by atoms with E-state index < -0.39 is 0 Å². The Morgan fingerprint density at radius 2 is 2.16 bits per heavy atom. The second-order valence-electron chi connectivity index (χ2n) is 5.23. The molecular weight excluding hydrogens is 236 g/mol. The van der Waals surface area contributed by atoms with E-state index in [0.717, 1.165) is 31.9 Å². The van der Waals surface area contributed by atoms with Gasteiger partial charge in [0.15, 0.2) is 0 Å². The standard InChI is InChI=1S/C15H20N4/c1-12-10-19(8-7-16-12)11-14-9-15(18-17-14)13-5-3-2-4-6-13/h2-6,9,12,16H,7-8,10-11H2,1H3,(H,17,18). The van der Waals surface area contributed by atoms with Gasteiger partial charge < -0.3 is 5.32 Å². The average Bonchev–Trinajstić information content (AvgIpc) is 2.88. The van der Waals surface area contributed by atoms with Gasteiger partial charge in [-0.05, 0) is 13.0 Å². The van der Waals surface area contributed by atoms with Gasteiger partial charge in [-0.15, -0.1) is 0 Å². The molecule has 2 aromatic rings. The Morgan fingerprint density at radius 1 is 1.32 bits per heavy atom. The summed E-state index contributed by atoms with van der Waals surface area (Å²) in [5.41, 5.74) is 3.38. The van der Waals surface area contributed by atoms with Gasteiger partial charge in [-0.3, -0.25) is 10.00 Å². The normalized spacial score (nSPS) is 20.6. The first kappa shape index (κ1) is 12.4. The Hall–Kier alpha value is -1.65. The second kappa shape index (κ2) is 5.55. The monoisotopic (exact) mass is 256 g/mol. The highest BCUT2D eigenvalue weighted by Gasteiger charge is 2.16. The largest absolute Gasteiger partial charge is 0.312 e. The Kier molecular flexibility index (Phi) is 3.62. The number of hydrogen-bond acceptors (Lipinski definition) is 3. The fraction of sp³-hybridized carbons (Fsp3) is 0.400. The third-order valence-corrected chi connectivity index (χ3v) is 3.55. The van der Waals surface area contributed by atoms with Gasteiger partial charge >= 0.3 is 0 Å². The minimum Gasteiger partial charge on any atom is -0.312 e. The first-order valence-corrected chi connectivity index (χ1v) is 6.87. The average molecular weight is 256 g/mol. The number of aromatic amines is 1. The quantitative estimate of drug-likeness (QED) is 0.881. The predicted octanol–water partition coefficient (Wildman–Crippen LogP) is 1.87. The molecule has 1 atom stereocenters. The van der Waals surface area contributed by atoms with Crippen molar-refractivity contribution in [3.05, 3.63) is 42.1 Å². The van der Waals surface area contributed by atoms with Crippen molar-refractivity contribution in [3.8, 4) is 11.3 Å². The Labute approximate surface area is 113 Å². The molecule has 19 heavy (non-hydrogen) atoms. The summed E-state index contributed by atoms with van der Waals surface area (Å²) in [5, 5.41) is 11.0. The van der Waals surface area contributed by atoms with Gasteiger partial charge in [0.1, 0.15) is 0 Å². The lowest BCUT2D eigenvalue weighted by molar-refractivity contribution is 0.197. The van der Waals surface area contributed by atoms with Crippen LogP contribution in [0.4, 0.5) is 0 Å². The molecule has 4 heteroatoms. The van der Waals surface area contributed by atoms with E-state index in [2.05, 4.69) is 45.5 Å². The number of rotatable bonds is 3. The molecule has 0 bridgehead atoms. The van der Waals surface area contributed by atoms with Gasteiger partial charge in [0.05, 0.1) is 5.69 Å². The maximum absolute atomic E-state index is 4.40. The molecule has 1 aromatic carbocycles. The highest BCUT2D eigenvalue weighted by atomic mass is 15.2. The maximum atomic E-state index is 4.40. The number of hydrogen-bond donors (Lipinski definition) is 2. The van der Waals surface area contributed by atoms with E-state index >= 15 is 0 Å². The molecular formula is C15H20N4. The van der Waals surface area contributed by atoms with Crippen LogP contribution in [0.1, 0.15) is 12.6 Å². The van der Waals surface area contributed by atoms with Crippen LogP contribution in [0.2, 0.25) is 0 Å². The van der Waals surface area contributed by atoms with Gasteiger partial charge in [-0.2, -0.15) is 5.10 Å². The molecule has 1 aliphatic heterocycles. The van der Waals surface area contributed by atoms with Gasteiger partial charge in [-0.25, -0.2) is 0 Å². The van der Waals surface area contributed by atoms with E-state index in [4.69, 9.17) is 0 Å². The third-order valence-electron chi connectivity index (χ3n) is 3.55. The Morgan fingerprint density at radius 3 is 2.95 bits per heavy atom. The zero-order valence-corrected chi connectivity index (χ0v) is 11.3. The number of piperazine rings is 1. The van der Waals surface area contributed by atoms with Crippen molar-refractivity contribution < 1.29 is 0 Å². The van der Waals surface area contributed by atoms with E-state index in [1.165, 1.54) is 11.3 Å². The smallest absolute Gasteiger partial charge is 0.0924 e. The first-order chi connectivity index (χ1) is 9.31. The number of nitrogens with zero attached hydrogens (tertiary/aromatic N) is 2. The molecule has 100 valence electrons. The fourth-order valence-electron chi connectivity index (χ4n) is 2.60. The summed E-state index contributed by atoms with van der Waals surface area (Å²) in [6, 6.07) is 13.0. The summed E-state index contributed by atoms with van der Waals surface area (Å²) in [4.78, 5) is 2.46. The molecule has 0 amide bonds. The lowest BCUT2D eigenvalue weighted by Gasteiger charge is -2.31. The SMILES string of the molecule is CC1CN(Cc2cc(-c3ccccc3)n[nH]2)CCN1. The number of aromatic nitrogens is 2. The number of benzene rings is 1. The molecule has 1 aromatic heterocycles. The van der Waals surface area contributed by atoms with Crippen LogP contribution in [0.15, 0.2) is 36.4 Å². The van der Waals surface area contributed by atoms with Gasteiger partial charge in [0.2, 0.25) is 0 Å². The molecule has 1 unspecified atom stereocenters. The Bertz CT molecular complexity index is 520. The van der Waals surface area contributed by atoms with E-state index in [9.17, 15) is 0 Å². The molecule has 1 aliphatic rings. The minimum absolute atomic E-state index is 0.574. The highest BCUT2D eigenvalue weighted by molar-refractivity contribution is 5.58. The topological polar surface area (TPSA) is 44.0 Å². The van der Waals surface area contributed by atoms with Crippen LogP contribution < -0.4 is 5.32 Å². The summed E-state index contributed by atoms with van der Waals surface area (Å²) >= 11 is 0. The van der Waals surface area contributed by atoms with Crippen LogP contribution in [-0.4, -0.2) is 40.8 Å². The van der Waals surface area contributed by atoms with E-state index in [-0.39, 0.29) is 0 Å². The second-order valence-corrected chi connectivity index (χ2v) is 5.23. The van der Waals surface area contributed by atoms with E-state index in [1.807, 2.05) is 18.2 Å². The van der Waals surface area contributed by atoms with Gasteiger partial charge in [0, 0.05) is 43.5 Å². The summed E-state index contributed by atoms with van der Waals surface area (Å²) in [6.07, 6.45) is 0. The van der Waals surface area contributed by atoms with Crippen LogP contribution in [0, 0.1) is 0 Å². The molecule has 0 aliphatic carbocycles. The van der Waals surface area contributed by atoms with Crippen molar-refractivity contribution in [1.29, 1.82) is 0 Å². The summed E-state index contributed by atoms with van der Waals surface area (Å²) in [6.45, 7) is 6.45. The van der Waals surface area contributed by atoms with Crippen LogP contribution in [0.25, 0.3) is 11.3 Å². The Balaban J connectivity index is 1.68. The van der Waals surface area contributed by atoms with Crippen molar-refractivity contribution in [2.45, 2.75) is 19.5 Å². The molecule has 4 nitrogen and oxygen atoms in total. The van der Waals surface area contributed by atoms with Crippen molar-refractivity contribution >= 4 is 0 Å². The van der Waals surface area contributed by atoms with E-state index in [0.29, 0.717) is 6.04 Å². The predicted molar refractivity (Wildman–Crippen MR) is 76.8 cm³/mol. The van der Waals surface area contributed by atoms with E-state index in [1.54, 1.807) is 0 Å². The zero-order valence-electron chi connectivity index (χ0n) is 11.3. The van der Waals surface area contributed by atoms with Gasteiger partial charge in [0.25, 0.3) is 0 Å². The maximum Gasteiger partial charge on any atom is 0.0924 e. The van der Waals surface area contributed by atoms with Crippen LogP contribution >= 0.6 is 0 Å². The molecule has 1 fully saturated rings. The van der Waals surface area contributed by atoms with Gasteiger partial charge in [-0.1, -0.05) is 30.3 Å². The first-order valence-electron chi connectivity index (χ1n) is 6.87. The number of H-pyrrole nitrogens is 1. The highest BCUT2D eigenvalue weighted by Crippen LogP contribution is 2.17. The lowest BCUT2D eigenvalue weighted by Crippen LogP contribution is -2.48. The van der Waals surface area contributed by atoms with Crippen LogP contribution in [0.5, 0.6) is 0 Å². The molecule has 2 heterocycles. The van der Waals surface area contributed by atoms with Crippen molar-refractivity contribution in [3.63, 3.8) is 0 Å². The fourth-order valence-corrected chi connectivity index (χ4v) is 2.60. The summed E-state index contributed by atoms with van der Waals surface area (Å²) in [7, 11) is 0. The van der Waals surface area contributed by atoms with Crippen molar-refractivity contribution in [1.82, 2.24) is 20.4 Å². The zero-order chi connectivity index (χ0) is 13.1. The van der Waals surface area contributed by atoms with Crippen LogP contribution in [-0.2, 0) is 6.54 Å². The molecule has 3 rings (SSSR count). The minimum atomic E-state index is 0.574. The lowest BCUT2D eigenvalue weighted by atomic mass is 10.1. The molecule has 0 saturated carbocycles. The van der Waals surface area contributed by atoms with Crippen molar-refractivity contribution in [2.24, 2.45) is 0 Å². The molecule has 0 radical (unpaired) electrons. The van der Waals surface area contributed by atoms with Crippen molar-refractivity contribution in [2.75, 3.05) is 19.6 Å². The molecule has 1 saturated heterocycles. The molecule has 0 spiro atoms. The molecule has 2 N–H and O–H groups in total. The number of nitrogens with one attached hydrogen (secondary N) is 2. The third kappa shape index (κ3) is 3.03. The summed E-state index contributed by atoms with van der Waals surface area (Å²) < 4.78 is 0. The summed E-state index contributed by atoms with van der Waals surface area (Å²) in [5.74, 6) is 0.